The third kappa shape index (κ3) is 4.65. The van der Waals surface area contributed by atoms with Gasteiger partial charge < -0.3 is 10.2 Å². The largest absolute Gasteiger partial charge is 0.339 e. The van der Waals surface area contributed by atoms with Gasteiger partial charge in [-0.05, 0) is 56.4 Å². The van der Waals surface area contributed by atoms with Gasteiger partial charge >= 0.3 is 0 Å². The fraction of sp³-hybridized carbons (Fsp3) is 0.652. The van der Waals surface area contributed by atoms with Crippen molar-refractivity contribution in [2.75, 3.05) is 18.4 Å². The molecule has 0 spiro atoms. The number of carbonyl (C=O) groups is 2. The van der Waals surface area contributed by atoms with Crippen LogP contribution in [-0.4, -0.2) is 54.6 Å². The molecule has 0 bridgehead atoms. The van der Waals surface area contributed by atoms with Gasteiger partial charge in [-0.25, -0.2) is 8.42 Å². The van der Waals surface area contributed by atoms with Crippen LogP contribution in [-0.2, 0) is 19.6 Å². The standard InChI is InChI=1S/C23H33N3O4S/c1-2-19-7-5-6-14-26(19)31(29,30)21-12-10-18(11-13-21)24-23(28)17-15-22(27)25(16-17)20-8-3-4-9-20/h10-13,17,19-20H,2-9,14-16H2,1H3,(H,24,28). The van der Waals surface area contributed by atoms with Crippen LogP contribution in [0.3, 0.4) is 0 Å². The van der Waals surface area contributed by atoms with Gasteiger partial charge in [0.1, 0.15) is 0 Å². The van der Waals surface area contributed by atoms with Crippen LogP contribution in [0.15, 0.2) is 29.2 Å². The first-order valence-electron chi connectivity index (χ1n) is 11.6. The van der Waals surface area contributed by atoms with Crippen LogP contribution >= 0.6 is 0 Å². The van der Waals surface area contributed by atoms with E-state index in [1.165, 1.54) is 0 Å². The summed E-state index contributed by atoms with van der Waals surface area (Å²) in [4.78, 5) is 27.2. The van der Waals surface area contributed by atoms with Gasteiger partial charge in [0.2, 0.25) is 21.8 Å². The number of hydrogen-bond acceptors (Lipinski definition) is 4. The highest BCUT2D eigenvalue weighted by atomic mass is 32.2. The number of likely N-dealkylation sites (tertiary alicyclic amines) is 1. The lowest BCUT2D eigenvalue weighted by Crippen LogP contribution is -2.43. The summed E-state index contributed by atoms with van der Waals surface area (Å²) in [6, 6.07) is 6.76. The maximum atomic E-state index is 13.1. The smallest absolute Gasteiger partial charge is 0.243 e. The third-order valence-electron chi connectivity index (χ3n) is 7.07. The Morgan fingerprint density at radius 1 is 1.06 bits per heavy atom. The molecule has 1 aliphatic carbocycles. The number of carbonyl (C=O) groups excluding carboxylic acids is 2. The number of benzene rings is 1. The van der Waals surface area contributed by atoms with Crippen LogP contribution in [0.2, 0.25) is 0 Å². The highest BCUT2D eigenvalue weighted by Gasteiger charge is 2.38. The molecule has 31 heavy (non-hydrogen) atoms. The minimum atomic E-state index is -3.54. The molecule has 2 heterocycles. The van der Waals surface area contributed by atoms with E-state index in [-0.39, 0.29) is 41.1 Å². The molecular weight excluding hydrogens is 414 g/mol. The van der Waals surface area contributed by atoms with Gasteiger partial charge in [-0.3, -0.25) is 9.59 Å². The second-order valence-electron chi connectivity index (χ2n) is 9.07. The van der Waals surface area contributed by atoms with Crippen molar-refractivity contribution in [1.82, 2.24) is 9.21 Å². The van der Waals surface area contributed by atoms with Gasteiger partial charge in [-0.2, -0.15) is 4.31 Å². The first-order valence-corrected chi connectivity index (χ1v) is 13.1. The summed E-state index contributed by atoms with van der Waals surface area (Å²) in [6.07, 6.45) is 8.29. The number of sulfonamides is 1. The van der Waals surface area contributed by atoms with Crippen molar-refractivity contribution >= 4 is 27.5 Å². The normalized spacial score (nSPS) is 25.8. The van der Waals surface area contributed by atoms with E-state index in [9.17, 15) is 18.0 Å². The predicted molar refractivity (Wildman–Crippen MR) is 119 cm³/mol. The van der Waals surface area contributed by atoms with Crippen molar-refractivity contribution in [2.45, 2.75) is 81.7 Å². The van der Waals surface area contributed by atoms with Crippen molar-refractivity contribution in [3.05, 3.63) is 24.3 Å². The number of rotatable bonds is 6. The van der Waals surface area contributed by atoms with Gasteiger partial charge in [0.05, 0.1) is 10.8 Å². The van der Waals surface area contributed by atoms with Crippen molar-refractivity contribution in [2.24, 2.45) is 5.92 Å². The zero-order chi connectivity index (χ0) is 22.0. The van der Waals surface area contributed by atoms with Gasteiger partial charge in [0.25, 0.3) is 0 Å². The lowest BCUT2D eigenvalue weighted by atomic mass is 10.0. The maximum Gasteiger partial charge on any atom is 0.243 e. The summed E-state index contributed by atoms with van der Waals surface area (Å²) in [6.45, 7) is 3.07. The van der Waals surface area contributed by atoms with E-state index in [4.69, 9.17) is 0 Å². The molecule has 7 nitrogen and oxygen atoms in total. The van der Waals surface area contributed by atoms with Gasteiger partial charge in [-0.15, -0.1) is 0 Å². The maximum absolute atomic E-state index is 13.1. The highest BCUT2D eigenvalue weighted by molar-refractivity contribution is 7.89. The van der Waals surface area contributed by atoms with Gasteiger partial charge in [-0.1, -0.05) is 26.2 Å². The fourth-order valence-electron chi connectivity index (χ4n) is 5.26. The van der Waals surface area contributed by atoms with Crippen molar-refractivity contribution in [3.8, 4) is 0 Å². The predicted octanol–water partition coefficient (Wildman–Crippen LogP) is 3.37. The van der Waals surface area contributed by atoms with Gasteiger partial charge in [0.15, 0.2) is 0 Å². The molecule has 2 amide bonds. The number of nitrogens with zero attached hydrogens (tertiary/aromatic N) is 2. The van der Waals surface area contributed by atoms with E-state index >= 15 is 0 Å². The molecule has 2 saturated heterocycles. The van der Waals surface area contributed by atoms with Crippen molar-refractivity contribution in [1.29, 1.82) is 0 Å². The van der Waals surface area contributed by atoms with E-state index in [2.05, 4.69) is 5.32 Å². The summed E-state index contributed by atoms with van der Waals surface area (Å²) in [5.74, 6) is -0.456. The average Bonchev–Trinajstić information content (AvgIpc) is 3.43. The average molecular weight is 448 g/mol. The number of piperidine rings is 1. The second-order valence-corrected chi connectivity index (χ2v) is 11.0. The fourth-order valence-corrected chi connectivity index (χ4v) is 7.03. The molecule has 3 fully saturated rings. The topological polar surface area (TPSA) is 86.8 Å². The van der Waals surface area contributed by atoms with E-state index in [1.54, 1.807) is 28.6 Å². The Hall–Kier alpha value is -1.93. The molecule has 1 N–H and O–H groups in total. The molecule has 8 heteroatoms. The first-order chi connectivity index (χ1) is 14.9. The quantitative estimate of drug-likeness (QED) is 0.724. The molecule has 0 aromatic heterocycles. The van der Waals surface area contributed by atoms with Crippen LogP contribution in [0, 0.1) is 5.92 Å². The van der Waals surface area contributed by atoms with Gasteiger partial charge in [0, 0.05) is 37.3 Å². The molecule has 2 atom stereocenters. The zero-order valence-corrected chi connectivity index (χ0v) is 19.1. The summed E-state index contributed by atoms with van der Waals surface area (Å²) in [5.41, 5.74) is 0.557. The van der Waals surface area contributed by atoms with Crippen molar-refractivity contribution in [3.63, 3.8) is 0 Å². The van der Waals surface area contributed by atoms with E-state index in [1.807, 2.05) is 11.8 Å². The molecule has 170 valence electrons. The first kappa shape index (κ1) is 22.3. The van der Waals surface area contributed by atoms with Crippen LogP contribution in [0.1, 0.15) is 64.7 Å². The number of anilines is 1. The van der Waals surface area contributed by atoms with E-state index in [0.29, 0.717) is 18.8 Å². The zero-order valence-electron chi connectivity index (χ0n) is 18.3. The molecule has 1 saturated carbocycles. The van der Waals surface area contributed by atoms with E-state index in [0.717, 1.165) is 51.4 Å². The minimum Gasteiger partial charge on any atom is -0.339 e. The Balaban J connectivity index is 1.39. The lowest BCUT2D eigenvalue weighted by Gasteiger charge is -2.34. The highest BCUT2D eigenvalue weighted by Crippen LogP contribution is 2.31. The minimum absolute atomic E-state index is 0.0563. The van der Waals surface area contributed by atoms with Crippen LogP contribution in [0.25, 0.3) is 0 Å². The lowest BCUT2D eigenvalue weighted by molar-refractivity contribution is -0.129. The number of hydrogen-bond donors (Lipinski definition) is 1. The summed E-state index contributed by atoms with van der Waals surface area (Å²) < 4.78 is 27.8. The SMILES string of the molecule is CCC1CCCCN1S(=O)(=O)c1ccc(NC(=O)C2CC(=O)N(C3CCCC3)C2)cc1. The Kier molecular flexibility index (Phi) is 6.67. The molecule has 1 aromatic carbocycles. The summed E-state index contributed by atoms with van der Waals surface area (Å²) in [5, 5.41) is 2.87. The molecule has 4 rings (SSSR count). The molecule has 0 radical (unpaired) electrons. The summed E-state index contributed by atoms with van der Waals surface area (Å²) in [7, 11) is -3.54. The third-order valence-corrected chi connectivity index (χ3v) is 9.03. The number of amides is 2. The van der Waals surface area contributed by atoms with Crippen molar-refractivity contribution < 1.29 is 18.0 Å². The molecule has 2 unspecified atom stereocenters. The molecule has 1 aromatic rings. The Labute approximate surface area is 185 Å². The second kappa shape index (κ2) is 9.28. The monoisotopic (exact) mass is 447 g/mol. The molecule has 2 aliphatic heterocycles. The van der Waals surface area contributed by atoms with Crippen LogP contribution in [0.5, 0.6) is 0 Å². The molecule has 3 aliphatic rings. The summed E-state index contributed by atoms with van der Waals surface area (Å²) >= 11 is 0. The van der Waals surface area contributed by atoms with Crippen LogP contribution in [0.4, 0.5) is 5.69 Å². The molecular formula is C23H33N3O4S. The Bertz CT molecular complexity index is 909. The number of nitrogens with one attached hydrogen (secondary N) is 1. The Morgan fingerprint density at radius 3 is 2.42 bits per heavy atom. The van der Waals surface area contributed by atoms with Crippen LogP contribution < -0.4 is 5.32 Å². The van der Waals surface area contributed by atoms with E-state index < -0.39 is 10.0 Å². The Morgan fingerprint density at radius 2 is 1.74 bits per heavy atom.